The molecule has 4 heteroatoms. The SMILES string of the molecule is COCC(NC(=O)CC(N)C(C)(C)C)C(C)C. The Labute approximate surface area is 105 Å². The van der Waals surface area contributed by atoms with E-state index in [0.717, 1.165) is 0 Å². The first-order valence-electron chi connectivity index (χ1n) is 6.22. The van der Waals surface area contributed by atoms with Crippen molar-refractivity contribution in [2.75, 3.05) is 13.7 Å². The number of hydrogen-bond donors (Lipinski definition) is 2. The van der Waals surface area contributed by atoms with Crippen molar-refractivity contribution in [2.24, 2.45) is 17.1 Å². The summed E-state index contributed by atoms with van der Waals surface area (Å²) >= 11 is 0. The summed E-state index contributed by atoms with van der Waals surface area (Å²) in [5.74, 6) is 0.355. The molecule has 0 aliphatic heterocycles. The maximum absolute atomic E-state index is 11.8. The molecule has 4 nitrogen and oxygen atoms in total. The molecule has 0 fully saturated rings. The molecule has 2 atom stereocenters. The zero-order valence-corrected chi connectivity index (χ0v) is 12.0. The lowest BCUT2D eigenvalue weighted by Crippen LogP contribution is -2.46. The van der Waals surface area contributed by atoms with Gasteiger partial charge < -0.3 is 15.8 Å². The Bertz CT molecular complexity index is 234. The number of nitrogens with one attached hydrogen (secondary N) is 1. The van der Waals surface area contributed by atoms with Gasteiger partial charge in [0, 0.05) is 19.6 Å². The molecule has 0 bridgehead atoms. The largest absolute Gasteiger partial charge is 0.383 e. The summed E-state index contributed by atoms with van der Waals surface area (Å²) in [7, 11) is 1.64. The smallest absolute Gasteiger partial charge is 0.221 e. The van der Waals surface area contributed by atoms with E-state index in [0.29, 0.717) is 18.9 Å². The van der Waals surface area contributed by atoms with Gasteiger partial charge in [-0.05, 0) is 11.3 Å². The lowest BCUT2D eigenvalue weighted by atomic mass is 9.85. The summed E-state index contributed by atoms with van der Waals surface area (Å²) in [6, 6.07) is -0.0717. The van der Waals surface area contributed by atoms with E-state index in [1.54, 1.807) is 7.11 Å². The van der Waals surface area contributed by atoms with Gasteiger partial charge in [0.15, 0.2) is 0 Å². The van der Waals surface area contributed by atoms with E-state index < -0.39 is 0 Å². The molecule has 0 aromatic heterocycles. The van der Waals surface area contributed by atoms with Gasteiger partial charge in [-0.2, -0.15) is 0 Å². The molecule has 0 saturated heterocycles. The van der Waals surface area contributed by atoms with Crippen molar-refractivity contribution < 1.29 is 9.53 Å². The van der Waals surface area contributed by atoms with Crippen LogP contribution in [0.15, 0.2) is 0 Å². The van der Waals surface area contributed by atoms with Crippen LogP contribution in [0.5, 0.6) is 0 Å². The molecule has 0 aromatic rings. The van der Waals surface area contributed by atoms with Crippen molar-refractivity contribution in [3.63, 3.8) is 0 Å². The molecule has 3 N–H and O–H groups in total. The summed E-state index contributed by atoms with van der Waals surface area (Å²) in [6.07, 6.45) is 0.358. The van der Waals surface area contributed by atoms with Gasteiger partial charge in [0.1, 0.15) is 0 Å². The van der Waals surface area contributed by atoms with Gasteiger partial charge >= 0.3 is 0 Å². The average molecular weight is 244 g/mol. The summed E-state index contributed by atoms with van der Waals surface area (Å²) < 4.78 is 5.09. The normalized spacial score (nSPS) is 15.8. The predicted octanol–water partition coefficient (Wildman–Crippen LogP) is 1.54. The van der Waals surface area contributed by atoms with E-state index in [4.69, 9.17) is 10.5 Å². The predicted molar refractivity (Wildman–Crippen MR) is 70.7 cm³/mol. The zero-order chi connectivity index (χ0) is 13.6. The minimum atomic E-state index is -0.127. The Kier molecular flexibility index (Phi) is 6.72. The Morgan fingerprint density at radius 2 is 1.88 bits per heavy atom. The number of carbonyl (C=O) groups is 1. The first-order valence-corrected chi connectivity index (χ1v) is 6.22. The highest BCUT2D eigenvalue weighted by Crippen LogP contribution is 2.19. The second-order valence-corrected chi connectivity index (χ2v) is 6.05. The molecule has 0 aliphatic rings. The number of hydrogen-bond acceptors (Lipinski definition) is 3. The first kappa shape index (κ1) is 16.4. The van der Waals surface area contributed by atoms with E-state index in [9.17, 15) is 4.79 Å². The number of nitrogens with two attached hydrogens (primary N) is 1. The van der Waals surface area contributed by atoms with Crippen LogP contribution in [0.2, 0.25) is 0 Å². The topological polar surface area (TPSA) is 64.3 Å². The van der Waals surface area contributed by atoms with Crippen LogP contribution in [0.4, 0.5) is 0 Å². The summed E-state index contributed by atoms with van der Waals surface area (Å²) in [5, 5.41) is 2.98. The van der Waals surface area contributed by atoms with Crippen molar-refractivity contribution in [3.8, 4) is 0 Å². The number of carbonyl (C=O) groups excluding carboxylic acids is 1. The van der Waals surface area contributed by atoms with Crippen LogP contribution in [0, 0.1) is 11.3 Å². The van der Waals surface area contributed by atoms with Crippen LogP contribution in [-0.4, -0.2) is 31.7 Å². The monoisotopic (exact) mass is 244 g/mol. The molecule has 0 aromatic carbocycles. The van der Waals surface area contributed by atoms with Gasteiger partial charge in [0.05, 0.1) is 12.6 Å². The van der Waals surface area contributed by atoms with E-state index in [1.807, 2.05) is 20.8 Å². The number of amides is 1. The highest BCUT2D eigenvalue weighted by molar-refractivity contribution is 5.77. The van der Waals surface area contributed by atoms with E-state index in [1.165, 1.54) is 0 Å². The molecule has 0 saturated carbocycles. The molecule has 0 aliphatic carbocycles. The molecule has 1 amide bonds. The van der Waals surface area contributed by atoms with Gasteiger partial charge in [0.25, 0.3) is 0 Å². The van der Waals surface area contributed by atoms with Crippen molar-refractivity contribution in [1.29, 1.82) is 0 Å². The fraction of sp³-hybridized carbons (Fsp3) is 0.923. The van der Waals surface area contributed by atoms with E-state index in [2.05, 4.69) is 19.2 Å². The van der Waals surface area contributed by atoms with Gasteiger partial charge in [-0.25, -0.2) is 0 Å². The fourth-order valence-corrected chi connectivity index (χ4v) is 1.35. The lowest BCUT2D eigenvalue weighted by Gasteiger charge is -2.28. The summed E-state index contributed by atoms with van der Waals surface area (Å²) in [5.41, 5.74) is 5.94. The summed E-state index contributed by atoms with van der Waals surface area (Å²) in [4.78, 5) is 11.8. The van der Waals surface area contributed by atoms with Crippen LogP contribution in [0.3, 0.4) is 0 Å². The quantitative estimate of drug-likeness (QED) is 0.745. The zero-order valence-electron chi connectivity index (χ0n) is 12.0. The van der Waals surface area contributed by atoms with Crippen LogP contribution in [-0.2, 0) is 9.53 Å². The first-order chi connectivity index (χ1) is 7.68. The van der Waals surface area contributed by atoms with Gasteiger partial charge in [-0.15, -0.1) is 0 Å². The number of rotatable bonds is 6. The second-order valence-electron chi connectivity index (χ2n) is 6.05. The molecular formula is C13H28N2O2. The van der Waals surface area contributed by atoms with Gasteiger partial charge in [0.2, 0.25) is 5.91 Å². The Hall–Kier alpha value is -0.610. The van der Waals surface area contributed by atoms with Crippen molar-refractivity contribution >= 4 is 5.91 Å². The van der Waals surface area contributed by atoms with Gasteiger partial charge in [-0.3, -0.25) is 4.79 Å². The second kappa shape index (κ2) is 6.97. The summed E-state index contributed by atoms with van der Waals surface area (Å²) in [6.45, 7) is 10.8. The lowest BCUT2D eigenvalue weighted by molar-refractivity contribution is -0.123. The van der Waals surface area contributed by atoms with Crippen LogP contribution < -0.4 is 11.1 Å². The van der Waals surface area contributed by atoms with Crippen LogP contribution >= 0.6 is 0 Å². The Morgan fingerprint density at radius 3 is 2.24 bits per heavy atom. The third-order valence-electron chi connectivity index (χ3n) is 3.02. The molecule has 0 spiro atoms. The molecule has 2 unspecified atom stereocenters. The standard InChI is InChI=1S/C13H28N2O2/c1-9(2)10(8-17-6)15-12(16)7-11(14)13(3,4)5/h9-11H,7-8,14H2,1-6H3,(H,15,16). The average Bonchev–Trinajstić information content (AvgIpc) is 2.15. The molecular weight excluding hydrogens is 216 g/mol. The minimum Gasteiger partial charge on any atom is -0.383 e. The minimum absolute atomic E-state index is 0.00294. The Morgan fingerprint density at radius 1 is 1.35 bits per heavy atom. The molecule has 0 radical (unpaired) electrons. The molecule has 0 heterocycles. The third-order valence-corrected chi connectivity index (χ3v) is 3.02. The van der Waals surface area contributed by atoms with Gasteiger partial charge in [-0.1, -0.05) is 34.6 Å². The Balaban J connectivity index is 4.24. The molecule has 17 heavy (non-hydrogen) atoms. The fourth-order valence-electron chi connectivity index (χ4n) is 1.35. The maximum atomic E-state index is 11.8. The third kappa shape index (κ3) is 6.64. The van der Waals surface area contributed by atoms with E-state index >= 15 is 0 Å². The van der Waals surface area contributed by atoms with E-state index in [-0.39, 0.29) is 23.4 Å². The molecule has 102 valence electrons. The van der Waals surface area contributed by atoms with Crippen molar-refractivity contribution in [2.45, 2.75) is 53.1 Å². The number of ether oxygens (including phenoxy) is 1. The highest BCUT2D eigenvalue weighted by Gasteiger charge is 2.24. The number of methoxy groups -OCH3 is 1. The van der Waals surface area contributed by atoms with Crippen molar-refractivity contribution in [1.82, 2.24) is 5.32 Å². The molecule has 0 rings (SSSR count). The van der Waals surface area contributed by atoms with Crippen molar-refractivity contribution in [3.05, 3.63) is 0 Å². The highest BCUT2D eigenvalue weighted by atomic mass is 16.5. The van der Waals surface area contributed by atoms with Crippen LogP contribution in [0.25, 0.3) is 0 Å². The van der Waals surface area contributed by atoms with Crippen LogP contribution in [0.1, 0.15) is 41.0 Å². The maximum Gasteiger partial charge on any atom is 0.221 e.